The summed E-state index contributed by atoms with van der Waals surface area (Å²) in [6.07, 6.45) is 2.34. The second-order valence-corrected chi connectivity index (χ2v) is 7.61. The van der Waals surface area contributed by atoms with E-state index in [9.17, 15) is 4.79 Å². The van der Waals surface area contributed by atoms with Crippen molar-refractivity contribution in [2.75, 3.05) is 19.6 Å². The molecule has 27 heavy (non-hydrogen) atoms. The zero-order chi connectivity index (χ0) is 18.2. The van der Waals surface area contributed by atoms with Gasteiger partial charge in [0, 0.05) is 32.1 Å². The van der Waals surface area contributed by atoms with Gasteiger partial charge in [-0.15, -0.1) is 0 Å². The normalized spacial score (nSPS) is 20.4. The first kappa shape index (κ1) is 16.5. The van der Waals surface area contributed by atoms with E-state index in [0.717, 1.165) is 55.0 Å². The van der Waals surface area contributed by atoms with Crippen molar-refractivity contribution in [3.63, 3.8) is 0 Å². The van der Waals surface area contributed by atoms with Crippen molar-refractivity contribution >= 4 is 16.9 Å². The monoisotopic (exact) mass is 360 g/mol. The summed E-state index contributed by atoms with van der Waals surface area (Å²) in [4.78, 5) is 19.9. The highest BCUT2D eigenvalue weighted by Crippen LogP contribution is 2.31. The maximum absolute atomic E-state index is 12.4. The molecule has 3 heterocycles. The number of carbonyl (C=O) groups is 1. The summed E-state index contributed by atoms with van der Waals surface area (Å²) in [7, 11) is 0. The minimum Gasteiger partial charge on any atom is -0.350 e. The van der Waals surface area contributed by atoms with Gasteiger partial charge in [-0.25, -0.2) is 4.98 Å². The van der Waals surface area contributed by atoms with E-state index >= 15 is 0 Å². The molecule has 1 N–H and O–H groups in total. The molecule has 1 unspecified atom stereocenters. The summed E-state index contributed by atoms with van der Waals surface area (Å²) < 4.78 is 2.29. The van der Waals surface area contributed by atoms with Crippen molar-refractivity contribution in [3.8, 4) is 0 Å². The van der Waals surface area contributed by atoms with Crippen molar-refractivity contribution in [2.24, 2.45) is 0 Å². The van der Waals surface area contributed by atoms with Gasteiger partial charge in [-0.1, -0.05) is 36.4 Å². The average molecular weight is 360 g/mol. The zero-order valence-corrected chi connectivity index (χ0v) is 15.4. The van der Waals surface area contributed by atoms with Crippen LogP contribution in [0.2, 0.25) is 0 Å². The molecule has 1 atom stereocenters. The lowest BCUT2D eigenvalue weighted by Gasteiger charge is -2.32. The van der Waals surface area contributed by atoms with Crippen LogP contribution in [0, 0.1) is 0 Å². The number of imidazole rings is 1. The quantitative estimate of drug-likeness (QED) is 0.781. The molecule has 0 spiro atoms. The number of likely N-dealkylation sites (tertiary alicyclic amines) is 1. The van der Waals surface area contributed by atoms with Gasteiger partial charge in [0.05, 0.1) is 16.6 Å². The van der Waals surface area contributed by atoms with E-state index in [2.05, 4.69) is 45.1 Å². The van der Waals surface area contributed by atoms with E-state index in [1.54, 1.807) is 0 Å². The Balaban J connectivity index is 1.47. The van der Waals surface area contributed by atoms with E-state index < -0.39 is 0 Å². The Morgan fingerprint density at radius 1 is 1.07 bits per heavy atom. The molecular formula is C22H24N4O. The molecule has 2 aromatic carbocycles. The Labute approximate surface area is 159 Å². The second-order valence-electron chi connectivity index (χ2n) is 7.61. The number of hydrogen-bond acceptors (Lipinski definition) is 3. The summed E-state index contributed by atoms with van der Waals surface area (Å²) in [6.45, 7) is 4.60. The van der Waals surface area contributed by atoms with E-state index in [1.165, 1.54) is 12.0 Å². The minimum atomic E-state index is 0.0140. The molecule has 0 aliphatic carbocycles. The van der Waals surface area contributed by atoms with Gasteiger partial charge in [-0.2, -0.15) is 0 Å². The van der Waals surface area contributed by atoms with Gasteiger partial charge in [0.2, 0.25) is 0 Å². The largest absolute Gasteiger partial charge is 0.350 e. The molecule has 2 aliphatic heterocycles. The molecule has 5 heteroatoms. The number of aromatic nitrogens is 2. The van der Waals surface area contributed by atoms with Crippen molar-refractivity contribution in [1.29, 1.82) is 0 Å². The highest BCUT2D eigenvalue weighted by molar-refractivity contribution is 6.05. The number of nitrogens with one attached hydrogen (secondary N) is 1. The number of amides is 1. The molecule has 2 aliphatic rings. The fourth-order valence-electron chi connectivity index (χ4n) is 4.55. The van der Waals surface area contributed by atoms with Crippen LogP contribution in [0.15, 0.2) is 48.5 Å². The number of carbonyl (C=O) groups excluding carboxylic acids is 1. The highest BCUT2D eigenvalue weighted by atomic mass is 16.1. The summed E-state index contributed by atoms with van der Waals surface area (Å²) >= 11 is 0. The van der Waals surface area contributed by atoms with Gasteiger partial charge in [-0.05, 0) is 37.1 Å². The van der Waals surface area contributed by atoms with Gasteiger partial charge in [0.15, 0.2) is 0 Å². The molecule has 0 saturated carbocycles. The van der Waals surface area contributed by atoms with Gasteiger partial charge in [0.1, 0.15) is 5.82 Å². The third-order valence-corrected chi connectivity index (χ3v) is 5.78. The molecule has 5 nitrogen and oxygen atoms in total. The van der Waals surface area contributed by atoms with E-state index in [4.69, 9.17) is 4.98 Å². The number of benzene rings is 2. The fraction of sp³-hybridized carbons (Fsp3) is 0.364. The van der Waals surface area contributed by atoms with Gasteiger partial charge < -0.3 is 9.88 Å². The number of hydrogen-bond donors (Lipinski definition) is 1. The first-order chi connectivity index (χ1) is 13.3. The van der Waals surface area contributed by atoms with E-state index in [0.29, 0.717) is 12.5 Å². The van der Waals surface area contributed by atoms with Gasteiger partial charge in [0.25, 0.3) is 5.91 Å². The molecule has 1 amide bonds. The molecule has 138 valence electrons. The minimum absolute atomic E-state index is 0.0140. The Morgan fingerprint density at radius 3 is 2.85 bits per heavy atom. The lowest BCUT2D eigenvalue weighted by atomic mass is 9.96. The van der Waals surface area contributed by atoms with Crippen molar-refractivity contribution in [2.45, 2.75) is 31.8 Å². The van der Waals surface area contributed by atoms with Crippen molar-refractivity contribution < 1.29 is 4.79 Å². The smallest absolute Gasteiger partial charge is 0.253 e. The maximum Gasteiger partial charge on any atom is 0.253 e. The van der Waals surface area contributed by atoms with Crippen LogP contribution in [0.1, 0.15) is 40.5 Å². The Morgan fingerprint density at radius 2 is 1.96 bits per heavy atom. The standard InChI is InChI=1S/C22H24N4O/c27-22-18-9-4-10-19-20(18)26(13-11-23-22)21(24-19)17-8-5-12-25(15-17)14-16-6-2-1-3-7-16/h1-4,6-7,9-10,17H,5,8,11-15H2,(H,23,27). The maximum atomic E-state index is 12.4. The number of nitrogens with zero attached hydrogens (tertiary/aromatic N) is 3. The first-order valence-corrected chi connectivity index (χ1v) is 9.83. The summed E-state index contributed by atoms with van der Waals surface area (Å²) in [6, 6.07) is 16.6. The Kier molecular flexibility index (Phi) is 4.17. The first-order valence-electron chi connectivity index (χ1n) is 9.83. The lowest BCUT2D eigenvalue weighted by molar-refractivity contribution is 0.0956. The van der Waals surface area contributed by atoms with Crippen LogP contribution in [0.3, 0.4) is 0 Å². The summed E-state index contributed by atoms with van der Waals surface area (Å²) in [5.74, 6) is 1.57. The van der Waals surface area contributed by atoms with Crippen LogP contribution in [0.5, 0.6) is 0 Å². The Bertz CT molecular complexity index is 979. The van der Waals surface area contributed by atoms with Crippen LogP contribution in [-0.2, 0) is 13.1 Å². The molecular weight excluding hydrogens is 336 g/mol. The van der Waals surface area contributed by atoms with Gasteiger partial charge >= 0.3 is 0 Å². The topological polar surface area (TPSA) is 50.2 Å². The number of piperidine rings is 1. The van der Waals surface area contributed by atoms with Crippen LogP contribution in [0.4, 0.5) is 0 Å². The highest BCUT2D eigenvalue weighted by Gasteiger charge is 2.28. The fourth-order valence-corrected chi connectivity index (χ4v) is 4.55. The predicted octanol–water partition coefficient (Wildman–Crippen LogP) is 3.16. The van der Waals surface area contributed by atoms with Crippen molar-refractivity contribution in [3.05, 3.63) is 65.5 Å². The number of rotatable bonds is 3. The van der Waals surface area contributed by atoms with Gasteiger partial charge in [-0.3, -0.25) is 9.69 Å². The van der Waals surface area contributed by atoms with Crippen LogP contribution in [0.25, 0.3) is 11.0 Å². The predicted molar refractivity (Wildman–Crippen MR) is 106 cm³/mol. The molecule has 0 radical (unpaired) electrons. The van der Waals surface area contributed by atoms with E-state index in [1.807, 2.05) is 18.2 Å². The third-order valence-electron chi connectivity index (χ3n) is 5.78. The molecule has 1 saturated heterocycles. The molecule has 1 fully saturated rings. The number of para-hydroxylation sites is 1. The third kappa shape index (κ3) is 3.02. The average Bonchev–Trinajstić information content (AvgIpc) is 2.98. The summed E-state index contributed by atoms with van der Waals surface area (Å²) in [5.41, 5.74) is 4.06. The van der Waals surface area contributed by atoms with E-state index in [-0.39, 0.29) is 5.91 Å². The van der Waals surface area contributed by atoms with Crippen LogP contribution in [-0.4, -0.2) is 40.0 Å². The molecule has 3 aromatic rings. The lowest BCUT2D eigenvalue weighted by Crippen LogP contribution is -2.35. The Hall–Kier alpha value is -2.66. The van der Waals surface area contributed by atoms with Crippen LogP contribution >= 0.6 is 0 Å². The SMILES string of the molecule is O=C1NCCn2c(C3CCCN(Cc4ccccc4)C3)nc3cccc1c32. The zero-order valence-electron chi connectivity index (χ0n) is 15.4. The molecule has 1 aromatic heterocycles. The second kappa shape index (κ2) is 6.82. The molecule has 5 rings (SSSR count). The van der Waals surface area contributed by atoms with Crippen molar-refractivity contribution in [1.82, 2.24) is 19.8 Å². The summed E-state index contributed by atoms with van der Waals surface area (Å²) in [5, 5.41) is 3.01. The molecule has 0 bridgehead atoms. The van der Waals surface area contributed by atoms with Crippen LogP contribution < -0.4 is 5.32 Å².